The number of amides is 1. The zero-order chi connectivity index (χ0) is 24.2. The van der Waals surface area contributed by atoms with Crippen molar-refractivity contribution in [3.8, 4) is 17.2 Å². The smallest absolute Gasteiger partial charge is 0.280 e. The zero-order valence-corrected chi connectivity index (χ0v) is 20.8. The molecule has 0 atom stereocenters. The number of aromatic nitrogens is 1. The molecule has 174 valence electrons. The number of hydrogen-bond acceptors (Lipinski definition) is 7. The molecule has 0 aliphatic heterocycles. The molecule has 0 saturated carbocycles. The van der Waals surface area contributed by atoms with Gasteiger partial charge in [-0.3, -0.25) is 4.79 Å². The van der Waals surface area contributed by atoms with Crippen LogP contribution in [0.3, 0.4) is 0 Å². The average Bonchev–Trinajstić information content (AvgIpc) is 3.26. The summed E-state index contributed by atoms with van der Waals surface area (Å²) in [6.45, 7) is 0. The number of hydrazone groups is 1. The van der Waals surface area contributed by atoms with Crippen molar-refractivity contribution in [2.75, 3.05) is 26.3 Å². The first kappa shape index (κ1) is 23.7. The summed E-state index contributed by atoms with van der Waals surface area (Å²) >= 11 is 4.76. The second-order valence-corrected chi connectivity index (χ2v) is 8.86. The number of methoxy groups -OCH3 is 3. The molecule has 1 heterocycles. The molecule has 0 bridgehead atoms. The molecule has 0 spiro atoms. The standard InChI is InChI=1S/C24H19BrFN3O4S/c1-31-19-10-14(11-20(32-2)22(19)33-3)13-27-29(23(30)15-4-7-17(26)8-5-15)24-28-18-9-6-16(25)12-21(18)34-24/h4-13H,1-3H3/b27-13+. The molecule has 0 unspecified atom stereocenters. The van der Waals surface area contributed by atoms with Crippen LogP contribution in [0.5, 0.6) is 17.2 Å². The van der Waals surface area contributed by atoms with Crippen LogP contribution in [0.15, 0.2) is 64.2 Å². The van der Waals surface area contributed by atoms with Crippen LogP contribution in [0.2, 0.25) is 0 Å². The van der Waals surface area contributed by atoms with Gasteiger partial charge in [-0.15, -0.1) is 0 Å². The van der Waals surface area contributed by atoms with Gasteiger partial charge in [0.15, 0.2) is 11.5 Å². The molecule has 1 aromatic heterocycles. The third kappa shape index (κ3) is 4.87. The van der Waals surface area contributed by atoms with Crippen LogP contribution in [0, 0.1) is 5.82 Å². The number of ether oxygens (including phenoxy) is 3. The maximum atomic E-state index is 13.4. The fourth-order valence-corrected chi connectivity index (χ4v) is 4.65. The summed E-state index contributed by atoms with van der Waals surface area (Å²) in [5, 5.41) is 5.99. The minimum absolute atomic E-state index is 0.267. The van der Waals surface area contributed by atoms with E-state index in [9.17, 15) is 9.18 Å². The summed E-state index contributed by atoms with van der Waals surface area (Å²) < 4.78 is 31.3. The highest BCUT2D eigenvalue weighted by molar-refractivity contribution is 9.10. The van der Waals surface area contributed by atoms with Gasteiger partial charge in [0.25, 0.3) is 5.91 Å². The minimum Gasteiger partial charge on any atom is -0.493 e. The van der Waals surface area contributed by atoms with Gasteiger partial charge in [0.1, 0.15) is 5.82 Å². The lowest BCUT2D eigenvalue weighted by molar-refractivity contribution is 0.0988. The third-order valence-electron chi connectivity index (χ3n) is 4.81. The van der Waals surface area contributed by atoms with Crippen molar-refractivity contribution in [2.45, 2.75) is 0 Å². The van der Waals surface area contributed by atoms with E-state index in [0.29, 0.717) is 27.9 Å². The molecule has 0 aliphatic carbocycles. The van der Waals surface area contributed by atoms with E-state index in [4.69, 9.17) is 14.2 Å². The Balaban J connectivity index is 1.78. The van der Waals surface area contributed by atoms with Crippen molar-refractivity contribution in [1.82, 2.24) is 4.98 Å². The Bertz CT molecular complexity index is 1350. The van der Waals surface area contributed by atoms with Gasteiger partial charge in [0.05, 0.1) is 37.8 Å². The molecule has 3 aromatic carbocycles. The molecular formula is C24H19BrFN3O4S. The lowest BCUT2D eigenvalue weighted by atomic mass is 10.2. The first-order valence-corrected chi connectivity index (χ1v) is 11.5. The second-order valence-electron chi connectivity index (χ2n) is 6.94. The van der Waals surface area contributed by atoms with Crippen molar-refractivity contribution < 1.29 is 23.4 Å². The molecule has 7 nitrogen and oxygen atoms in total. The topological polar surface area (TPSA) is 73.2 Å². The molecule has 4 aromatic rings. The first-order valence-electron chi connectivity index (χ1n) is 9.93. The summed E-state index contributed by atoms with van der Waals surface area (Å²) in [4.78, 5) is 17.9. The molecule has 0 N–H and O–H groups in total. The van der Waals surface area contributed by atoms with Crippen LogP contribution in [-0.4, -0.2) is 38.4 Å². The zero-order valence-electron chi connectivity index (χ0n) is 18.4. The SMILES string of the molecule is COc1cc(/C=N/N(C(=O)c2ccc(F)cc2)c2nc3ccc(Br)cc3s2)cc(OC)c1OC. The third-order valence-corrected chi connectivity index (χ3v) is 6.30. The van der Waals surface area contributed by atoms with Gasteiger partial charge in [0, 0.05) is 15.6 Å². The predicted molar refractivity (Wildman–Crippen MR) is 134 cm³/mol. The number of rotatable bonds is 7. The largest absolute Gasteiger partial charge is 0.493 e. The Kier molecular flexibility index (Phi) is 7.09. The lowest BCUT2D eigenvalue weighted by Crippen LogP contribution is -2.25. The fourth-order valence-electron chi connectivity index (χ4n) is 3.18. The number of hydrogen-bond donors (Lipinski definition) is 0. The molecule has 34 heavy (non-hydrogen) atoms. The molecule has 0 radical (unpaired) electrons. The van der Waals surface area contributed by atoms with E-state index in [1.54, 1.807) is 12.1 Å². The Labute approximate surface area is 207 Å². The highest BCUT2D eigenvalue weighted by atomic mass is 79.9. The van der Waals surface area contributed by atoms with Crippen molar-refractivity contribution in [3.63, 3.8) is 0 Å². The van der Waals surface area contributed by atoms with Gasteiger partial charge >= 0.3 is 0 Å². The van der Waals surface area contributed by atoms with E-state index in [1.165, 1.54) is 68.2 Å². The van der Waals surface area contributed by atoms with E-state index < -0.39 is 11.7 Å². The van der Waals surface area contributed by atoms with Gasteiger partial charge in [-0.1, -0.05) is 27.3 Å². The van der Waals surface area contributed by atoms with E-state index in [2.05, 4.69) is 26.0 Å². The van der Waals surface area contributed by atoms with Crippen LogP contribution in [0.25, 0.3) is 10.2 Å². The van der Waals surface area contributed by atoms with Gasteiger partial charge < -0.3 is 14.2 Å². The van der Waals surface area contributed by atoms with Crippen molar-refractivity contribution in [3.05, 3.63) is 76.0 Å². The fraction of sp³-hybridized carbons (Fsp3) is 0.125. The predicted octanol–water partition coefficient (Wildman–Crippen LogP) is 5.90. The van der Waals surface area contributed by atoms with E-state index in [-0.39, 0.29) is 5.56 Å². The van der Waals surface area contributed by atoms with Crippen LogP contribution >= 0.6 is 27.3 Å². The maximum Gasteiger partial charge on any atom is 0.280 e. The number of carbonyl (C=O) groups is 1. The van der Waals surface area contributed by atoms with Crippen LogP contribution < -0.4 is 19.2 Å². The van der Waals surface area contributed by atoms with Gasteiger partial charge in [-0.2, -0.15) is 10.1 Å². The molecule has 4 rings (SSSR count). The van der Waals surface area contributed by atoms with Crippen molar-refractivity contribution >= 4 is 54.7 Å². The Morgan fingerprint density at radius 1 is 1.03 bits per heavy atom. The summed E-state index contributed by atoms with van der Waals surface area (Å²) in [6.07, 6.45) is 1.49. The van der Waals surface area contributed by atoms with Crippen LogP contribution in [0.1, 0.15) is 15.9 Å². The number of thiazole rings is 1. The Hall–Kier alpha value is -3.50. The molecule has 0 saturated heterocycles. The van der Waals surface area contributed by atoms with Gasteiger partial charge in [-0.05, 0) is 54.6 Å². The van der Waals surface area contributed by atoms with E-state index in [0.717, 1.165) is 14.7 Å². The van der Waals surface area contributed by atoms with Gasteiger partial charge in [-0.25, -0.2) is 9.37 Å². The van der Waals surface area contributed by atoms with E-state index in [1.807, 2.05) is 18.2 Å². The number of benzene rings is 3. The normalized spacial score (nSPS) is 11.1. The number of halogens is 2. The molecule has 0 aliphatic rings. The van der Waals surface area contributed by atoms with Crippen molar-refractivity contribution in [2.24, 2.45) is 5.10 Å². The Morgan fingerprint density at radius 2 is 1.71 bits per heavy atom. The highest BCUT2D eigenvalue weighted by Gasteiger charge is 2.21. The van der Waals surface area contributed by atoms with Crippen molar-refractivity contribution in [1.29, 1.82) is 0 Å². The molecule has 0 fully saturated rings. The quantitative estimate of drug-likeness (QED) is 0.214. The number of nitrogens with zero attached hydrogens (tertiary/aromatic N) is 3. The van der Waals surface area contributed by atoms with Crippen LogP contribution in [-0.2, 0) is 0 Å². The molecule has 1 amide bonds. The minimum atomic E-state index is -0.457. The number of fused-ring (bicyclic) bond motifs is 1. The second kappa shape index (κ2) is 10.2. The number of anilines is 1. The monoisotopic (exact) mass is 543 g/mol. The molecular weight excluding hydrogens is 525 g/mol. The van der Waals surface area contributed by atoms with Crippen LogP contribution in [0.4, 0.5) is 9.52 Å². The summed E-state index contributed by atoms with van der Waals surface area (Å²) in [5.74, 6) is 0.447. The van der Waals surface area contributed by atoms with Gasteiger partial charge in [0.2, 0.25) is 10.9 Å². The maximum absolute atomic E-state index is 13.4. The summed E-state index contributed by atoms with van der Waals surface area (Å²) in [6, 6.07) is 14.3. The van der Waals surface area contributed by atoms with E-state index >= 15 is 0 Å². The highest BCUT2D eigenvalue weighted by Crippen LogP contribution is 2.38. The first-order chi connectivity index (χ1) is 16.4. The average molecular weight is 544 g/mol. The number of carbonyl (C=O) groups excluding carboxylic acids is 1. The molecule has 10 heteroatoms. The summed E-state index contributed by atoms with van der Waals surface area (Å²) in [7, 11) is 4.55. The summed E-state index contributed by atoms with van der Waals surface area (Å²) in [5.41, 5.74) is 1.60. The Morgan fingerprint density at radius 3 is 2.32 bits per heavy atom. The lowest BCUT2D eigenvalue weighted by Gasteiger charge is -2.15.